The maximum atomic E-state index is 11.9. The summed E-state index contributed by atoms with van der Waals surface area (Å²) >= 11 is 0. The summed E-state index contributed by atoms with van der Waals surface area (Å²) < 4.78 is 10.1. The molecule has 0 aromatic heterocycles. The predicted molar refractivity (Wildman–Crippen MR) is 63.3 cm³/mol. The van der Waals surface area contributed by atoms with E-state index < -0.39 is 0 Å². The first-order valence-corrected chi connectivity index (χ1v) is 5.27. The van der Waals surface area contributed by atoms with E-state index in [9.17, 15) is 4.79 Å². The molecular weight excluding hydrogens is 204 g/mol. The molecule has 1 aromatic carbocycles. The fraction of sp³-hybridized carbons (Fsp3) is 0.462. The maximum absolute atomic E-state index is 11.9. The van der Waals surface area contributed by atoms with Crippen LogP contribution in [-0.4, -0.2) is 26.6 Å². The Morgan fingerprint density at radius 3 is 2.44 bits per heavy atom. The molecule has 0 saturated heterocycles. The van der Waals surface area contributed by atoms with Crippen LogP contribution < -0.4 is 4.74 Å². The van der Waals surface area contributed by atoms with Gasteiger partial charge in [0.1, 0.15) is 5.75 Å². The van der Waals surface area contributed by atoms with Crippen molar-refractivity contribution >= 4 is 5.78 Å². The van der Waals surface area contributed by atoms with E-state index in [2.05, 4.69) is 0 Å². The van der Waals surface area contributed by atoms with Crippen LogP contribution in [0.1, 0.15) is 27.9 Å². The average Bonchev–Trinajstić information content (AvgIpc) is 2.28. The van der Waals surface area contributed by atoms with Gasteiger partial charge in [-0.1, -0.05) is 0 Å². The molecule has 16 heavy (non-hydrogen) atoms. The van der Waals surface area contributed by atoms with Crippen molar-refractivity contribution in [2.45, 2.75) is 20.3 Å². The van der Waals surface area contributed by atoms with Gasteiger partial charge in [-0.15, -0.1) is 0 Å². The summed E-state index contributed by atoms with van der Waals surface area (Å²) in [7, 11) is 3.23. The Bertz CT molecular complexity index is 383. The van der Waals surface area contributed by atoms with Gasteiger partial charge in [-0.25, -0.2) is 0 Å². The van der Waals surface area contributed by atoms with Gasteiger partial charge in [-0.2, -0.15) is 0 Å². The SMILES string of the molecule is COCCC(=O)c1cc(C)c(OC)cc1C. The molecule has 0 bridgehead atoms. The van der Waals surface area contributed by atoms with Gasteiger partial charge in [-0.3, -0.25) is 4.79 Å². The maximum Gasteiger partial charge on any atom is 0.165 e. The molecule has 0 aliphatic rings. The average molecular weight is 222 g/mol. The lowest BCUT2D eigenvalue weighted by atomic mass is 9.99. The zero-order valence-corrected chi connectivity index (χ0v) is 10.3. The van der Waals surface area contributed by atoms with Crippen molar-refractivity contribution in [1.29, 1.82) is 0 Å². The number of carbonyl (C=O) groups is 1. The number of hydrogen-bond donors (Lipinski definition) is 0. The van der Waals surface area contributed by atoms with Crippen molar-refractivity contribution in [3.8, 4) is 5.75 Å². The van der Waals surface area contributed by atoms with Crippen LogP contribution in [0.5, 0.6) is 5.75 Å². The largest absolute Gasteiger partial charge is 0.496 e. The van der Waals surface area contributed by atoms with Crippen LogP contribution in [0.3, 0.4) is 0 Å². The summed E-state index contributed by atoms with van der Waals surface area (Å²) in [6, 6.07) is 3.78. The van der Waals surface area contributed by atoms with Gasteiger partial charge in [0.05, 0.1) is 13.7 Å². The van der Waals surface area contributed by atoms with Crippen LogP contribution in [0.2, 0.25) is 0 Å². The number of carbonyl (C=O) groups excluding carboxylic acids is 1. The minimum atomic E-state index is 0.116. The molecule has 88 valence electrons. The van der Waals surface area contributed by atoms with Crippen molar-refractivity contribution in [2.24, 2.45) is 0 Å². The second kappa shape index (κ2) is 5.66. The fourth-order valence-corrected chi connectivity index (χ4v) is 1.64. The van der Waals surface area contributed by atoms with E-state index >= 15 is 0 Å². The van der Waals surface area contributed by atoms with Crippen LogP contribution >= 0.6 is 0 Å². The Morgan fingerprint density at radius 2 is 1.88 bits per heavy atom. The molecule has 0 N–H and O–H groups in total. The number of aryl methyl sites for hydroxylation is 2. The second-order valence-corrected chi connectivity index (χ2v) is 3.80. The van der Waals surface area contributed by atoms with E-state index in [1.165, 1.54) is 0 Å². The molecule has 0 radical (unpaired) electrons. The minimum absolute atomic E-state index is 0.116. The second-order valence-electron chi connectivity index (χ2n) is 3.80. The molecule has 0 atom stereocenters. The fourth-order valence-electron chi connectivity index (χ4n) is 1.64. The van der Waals surface area contributed by atoms with Crippen LogP contribution in [-0.2, 0) is 4.74 Å². The highest BCUT2D eigenvalue weighted by molar-refractivity contribution is 5.97. The molecule has 1 rings (SSSR count). The lowest BCUT2D eigenvalue weighted by molar-refractivity contribution is 0.0931. The van der Waals surface area contributed by atoms with Crippen molar-refractivity contribution in [3.05, 3.63) is 28.8 Å². The summed E-state index contributed by atoms with van der Waals surface area (Å²) in [6.45, 7) is 4.32. The third-order valence-electron chi connectivity index (χ3n) is 2.58. The number of ether oxygens (including phenoxy) is 2. The topological polar surface area (TPSA) is 35.5 Å². The van der Waals surface area contributed by atoms with Crippen molar-refractivity contribution < 1.29 is 14.3 Å². The molecule has 0 aliphatic heterocycles. The Morgan fingerprint density at radius 1 is 1.19 bits per heavy atom. The standard InChI is InChI=1S/C13H18O3/c1-9-8-13(16-4)10(2)7-11(9)12(14)5-6-15-3/h7-8H,5-6H2,1-4H3. The van der Waals surface area contributed by atoms with Crippen LogP contribution in [0.25, 0.3) is 0 Å². The van der Waals surface area contributed by atoms with Crippen molar-refractivity contribution in [2.75, 3.05) is 20.8 Å². The lowest BCUT2D eigenvalue weighted by Crippen LogP contribution is -2.06. The summed E-state index contributed by atoms with van der Waals surface area (Å²) in [5.41, 5.74) is 2.69. The first-order chi connectivity index (χ1) is 7.60. The Kier molecular flexibility index (Phi) is 4.50. The highest BCUT2D eigenvalue weighted by Crippen LogP contribution is 2.23. The molecule has 0 saturated carbocycles. The van der Waals surface area contributed by atoms with Gasteiger partial charge in [0.25, 0.3) is 0 Å². The molecule has 0 unspecified atom stereocenters. The van der Waals surface area contributed by atoms with Crippen LogP contribution in [0, 0.1) is 13.8 Å². The normalized spacial score (nSPS) is 10.2. The first-order valence-electron chi connectivity index (χ1n) is 5.27. The lowest BCUT2D eigenvalue weighted by Gasteiger charge is -2.10. The molecule has 3 nitrogen and oxygen atoms in total. The number of methoxy groups -OCH3 is 2. The number of Topliss-reactive ketones (excluding diaryl/α,β-unsaturated/α-hetero) is 1. The van der Waals surface area contributed by atoms with Gasteiger partial charge >= 0.3 is 0 Å². The molecular formula is C13H18O3. The Hall–Kier alpha value is -1.35. The predicted octanol–water partition coefficient (Wildman–Crippen LogP) is 2.53. The third-order valence-corrected chi connectivity index (χ3v) is 2.58. The monoisotopic (exact) mass is 222 g/mol. The van der Waals surface area contributed by atoms with E-state index in [1.807, 2.05) is 26.0 Å². The number of rotatable bonds is 5. The quantitative estimate of drug-likeness (QED) is 0.718. The zero-order chi connectivity index (χ0) is 12.1. The van der Waals surface area contributed by atoms with E-state index in [-0.39, 0.29) is 5.78 Å². The Balaban J connectivity index is 2.97. The van der Waals surface area contributed by atoms with E-state index in [0.29, 0.717) is 13.0 Å². The molecule has 3 heteroatoms. The first kappa shape index (κ1) is 12.7. The summed E-state index contributed by atoms with van der Waals surface area (Å²) in [5, 5.41) is 0. The van der Waals surface area contributed by atoms with Gasteiger partial charge in [0, 0.05) is 19.1 Å². The third kappa shape index (κ3) is 2.83. The highest BCUT2D eigenvalue weighted by Gasteiger charge is 2.11. The molecule has 0 fully saturated rings. The molecule has 0 spiro atoms. The molecule has 1 aromatic rings. The summed E-state index contributed by atoms with van der Waals surface area (Å²) in [6.07, 6.45) is 0.420. The van der Waals surface area contributed by atoms with Crippen molar-refractivity contribution in [3.63, 3.8) is 0 Å². The van der Waals surface area contributed by atoms with Crippen LogP contribution in [0.4, 0.5) is 0 Å². The summed E-state index contributed by atoms with van der Waals surface area (Å²) in [5.74, 6) is 0.936. The van der Waals surface area contributed by atoms with E-state index in [1.54, 1.807) is 14.2 Å². The van der Waals surface area contributed by atoms with Gasteiger partial charge in [0.15, 0.2) is 5.78 Å². The zero-order valence-electron chi connectivity index (χ0n) is 10.3. The number of hydrogen-bond acceptors (Lipinski definition) is 3. The van der Waals surface area contributed by atoms with Crippen LogP contribution in [0.15, 0.2) is 12.1 Å². The minimum Gasteiger partial charge on any atom is -0.496 e. The Labute approximate surface area is 96.4 Å². The number of benzene rings is 1. The summed E-state index contributed by atoms with van der Waals surface area (Å²) in [4.78, 5) is 11.9. The van der Waals surface area contributed by atoms with E-state index in [0.717, 1.165) is 22.4 Å². The number of ketones is 1. The smallest absolute Gasteiger partial charge is 0.165 e. The van der Waals surface area contributed by atoms with Gasteiger partial charge < -0.3 is 9.47 Å². The molecule has 0 aliphatic carbocycles. The van der Waals surface area contributed by atoms with Gasteiger partial charge in [-0.05, 0) is 37.1 Å². The van der Waals surface area contributed by atoms with Crippen molar-refractivity contribution in [1.82, 2.24) is 0 Å². The van der Waals surface area contributed by atoms with Gasteiger partial charge in [0.2, 0.25) is 0 Å². The highest BCUT2D eigenvalue weighted by atomic mass is 16.5. The molecule has 0 amide bonds. The van der Waals surface area contributed by atoms with E-state index in [4.69, 9.17) is 9.47 Å². The molecule has 0 heterocycles.